The Morgan fingerprint density at radius 2 is 1.69 bits per heavy atom. The zero-order valence-electron chi connectivity index (χ0n) is 14.7. The van der Waals surface area contributed by atoms with Crippen LogP contribution in [0.5, 0.6) is 0 Å². The summed E-state index contributed by atoms with van der Waals surface area (Å²) in [5.74, 6) is -0.161. The summed E-state index contributed by atoms with van der Waals surface area (Å²) in [6, 6.07) is 19.1. The second kappa shape index (κ2) is 6.89. The molecule has 1 aliphatic heterocycles. The van der Waals surface area contributed by atoms with Crippen molar-refractivity contribution in [2.24, 2.45) is 0 Å². The molecule has 2 aliphatic rings. The number of likely N-dealkylation sites (tertiary alicyclic amines) is 1. The molecule has 0 amide bonds. The maximum atomic E-state index is 12.9. The van der Waals surface area contributed by atoms with Gasteiger partial charge in [0, 0.05) is 18.7 Å². The van der Waals surface area contributed by atoms with Crippen molar-refractivity contribution >= 4 is 11.8 Å². The van der Waals surface area contributed by atoms with Gasteiger partial charge in [-0.2, -0.15) is 0 Å². The fourth-order valence-electron chi connectivity index (χ4n) is 4.08. The zero-order chi connectivity index (χ0) is 18.1. The number of ether oxygens (including phenoxy) is 1. The molecule has 0 bridgehead atoms. The van der Waals surface area contributed by atoms with Crippen LogP contribution in [0, 0.1) is 0 Å². The van der Waals surface area contributed by atoms with Crippen molar-refractivity contribution in [2.45, 2.75) is 18.4 Å². The van der Waals surface area contributed by atoms with Gasteiger partial charge in [-0.15, -0.1) is 0 Å². The molecule has 0 saturated heterocycles. The number of hydrogen-bond donors (Lipinski definition) is 0. The molecule has 2 aromatic rings. The maximum Gasteiger partial charge on any atom is 0.327 e. The van der Waals surface area contributed by atoms with E-state index in [1.165, 1.54) is 7.11 Å². The molecule has 4 nitrogen and oxygen atoms in total. The molecule has 0 spiro atoms. The summed E-state index contributed by atoms with van der Waals surface area (Å²) in [6.07, 6.45) is 0.747. The quantitative estimate of drug-likeness (QED) is 0.797. The van der Waals surface area contributed by atoms with Gasteiger partial charge >= 0.3 is 5.97 Å². The fraction of sp³-hybridized carbons (Fsp3) is 0.273. The van der Waals surface area contributed by atoms with Crippen molar-refractivity contribution in [3.05, 3.63) is 82.9 Å². The third-order valence-corrected chi connectivity index (χ3v) is 5.35. The summed E-state index contributed by atoms with van der Waals surface area (Å²) in [4.78, 5) is 27.4. The smallest absolute Gasteiger partial charge is 0.327 e. The van der Waals surface area contributed by atoms with Gasteiger partial charge < -0.3 is 4.74 Å². The van der Waals surface area contributed by atoms with Gasteiger partial charge in [-0.1, -0.05) is 60.7 Å². The Morgan fingerprint density at radius 1 is 1.04 bits per heavy atom. The zero-order valence-corrected chi connectivity index (χ0v) is 14.7. The first-order valence-corrected chi connectivity index (χ1v) is 8.86. The molecule has 0 saturated carbocycles. The van der Waals surface area contributed by atoms with E-state index in [0.717, 1.165) is 28.7 Å². The summed E-state index contributed by atoms with van der Waals surface area (Å²) < 4.78 is 5.03. The van der Waals surface area contributed by atoms with Crippen molar-refractivity contribution in [3.8, 4) is 0 Å². The molecular formula is C22H21NO3. The molecule has 4 rings (SSSR count). The lowest BCUT2D eigenvalue weighted by Gasteiger charge is -2.27. The second-order valence-corrected chi connectivity index (χ2v) is 6.86. The molecule has 0 fully saturated rings. The van der Waals surface area contributed by atoms with Crippen LogP contribution in [0.1, 0.15) is 29.5 Å². The van der Waals surface area contributed by atoms with Crippen LogP contribution in [0.3, 0.4) is 0 Å². The first-order valence-electron chi connectivity index (χ1n) is 8.86. The molecular weight excluding hydrogens is 326 g/mol. The predicted molar refractivity (Wildman–Crippen MR) is 98.6 cm³/mol. The van der Waals surface area contributed by atoms with Gasteiger partial charge in [-0.25, -0.2) is 4.79 Å². The minimum atomic E-state index is -0.477. The van der Waals surface area contributed by atoms with E-state index in [9.17, 15) is 9.59 Å². The average Bonchev–Trinajstić information content (AvgIpc) is 3.23. The van der Waals surface area contributed by atoms with Crippen LogP contribution in [0.15, 0.2) is 71.8 Å². The highest BCUT2D eigenvalue weighted by atomic mass is 16.5. The molecule has 4 heteroatoms. The molecule has 0 radical (unpaired) electrons. The lowest BCUT2D eigenvalue weighted by atomic mass is 9.93. The van der Waals surface area contributed by atoms with Crippen molar-refractivity contribution in [3.63, 3.8) is 0 Å². The Bertz CT molecular complexity index is 857. The number of Topliss-reactive ketones (excluding diaryl/α,β-unsaturated/α-hetero) is 1. The fourth-order valence-corrected chi connectivity index (χ4v) is 4.08. The van der Waals surface area contributed by atoms with Gasteiger partial charge in [-0.05, 0) is 23.1 Å². The average molecular weight is 347 g/mol. The van der Waals surface area contributed by atoms with Gasteiger partial charge in [0.1, 0.15) is 6.04 Å². The molecule has 1 unspecified atom stereocenters. The molecule has 2 aromatic carbocycles. The van der Waals surface area contributed by atoms with E-state index in [4.69, 9.17) is 4.74 Å². The van der Waals surface area contributed by atoms with E-state index >= 15 is 0 Å². The van der Waals surface area contributed by atoms with Gasteiger partial charge in [0.05, 0.1) is 13.0 Å². The number of nitrogens with zero attached hydrogens (tertiary/aromatic N) is 1. The van der Waals surface area contributed by atoms with Crippen molar-refractivity contribution in [1.82, 2.24) is 4.90 Å². The van der Waals surface area contributed by atoms with Crippen LogP contribution in [-0.2, 0) is 14.3 Å². The standard InChI is InChI=1S/C22H21NO3/c1-26-22(25)20(16-10-6-3-7-11-16)23-13-17-12-18(21(24)19(17)14-23)15-8-4-2-5-9-15/h2-11,18,20H,12-14H2,1H3/t18?,20-/m0/s1. The van der Waals surface area contributed by atoms with Crippen molar-refractivity contribution in [1.29, 1.82) is 0 Å². The van der Waals surface area contributed by atoms with Crippen LogP contribution in [-0.4, -0.2) is 36.9 Å². The van der Waals surface area contributed by atoms with Crippen LogP contribution in [0.4, 0.5) is 0 Å². The second-order valence-electron chi connectivity index (χ2n) is 6.86. The monoisotopic (exact) mass is 347 g/mol. The third kappa shape index (κ3) is 2.86. The summed E-state index contributed by atoms with van der Waals surface area (Å²) >= 11 is 0. The van der Waals surface area contributed by atoms with E-state index in [-0.39, 0.29) is 17.7 Å². The number of esters is 1. The van der Waals surface area contributed by atoms with E-state index in [0.29, 0.717) is 13.1 Å². The van der Waals surface area contributed by atoms with E-state index in [2.05, 4.69) is 0 Å². The number of benzene rings is 2. The highest BCUT2D eigenvalue weighted by molar-refractivity contribution is 6.05. The Kier molecular flexibility index (Phi) is 4.43. The number of methoxy groups -OCH3 is 1. The third-order valence-electron chi connectivity index (χ3n) is 5.35. The topological polar surface area (TPSA) is 46.6 Å². The summed E-state index contributed by atoms with van der Waals surface area (Å²) in [5, 5.41) is 0. The molecule has 1 heterocycles. The molecule has 1 aliphatic carbocycles. The van der Waals surface area contributed by atoms with E-state index < -0.39 is 6.04 Å². The van der Waals surface area contributed by atoms with Crippen LogP contribution in [0.25, 0.3) is 0 Å². The molecule has 2 atom stereocenters. The first kappa shape index (κ1) is 16.7. The van der Waals surface area contributed by atoms with Crippen LogP contribution in [0.2, 0.25) is 0 Å². The SMILES string of the molecule is COC(=O)[C@H](c1ccccc1)N1CC2=C(C1)C(=O)C(c1ccccc1)C2. The largest absolute Gasteiger partial charge is 0.468 e. The lowest BCUT2D eigenvalue weighted by Crippen LogP contribution is -2.35. The number of rotatable bonds is 4. The maximum absolute atomic E-state index is 12.9. The summed E-state index contributed by atoms with van der Waals surface area (Å²) in [5.41, 5.74) is 4.01. The normalized spacial score (nSPS) is 21.0. The highest BCUT2D eigenvalue weighted by Gasteiger charge is 2.42. The number of carbonyl (C=O) groups excluding carboxylic acids is 2. The summed E-state index contributed by atoms with van der Waals surface area (Å²) in [7, 11) is 1.41. The van der Waals surface area contributed by atoms with Gasteiger partial charge in [-0.3, -0.25) is 9.69 Å². The molecule has 0 N–H and O–H groups in total. The number of hydrogen-bond acceptors (Lipinski definition) is 4. The Morgan fingerprint density at radius 3 is 2.31 bits per heavy atom. The molecule has 132 valence electrons. The van der Waals surface area contributed by atoms with Crippen LogP contribution < -0.4 is 0 Å². The Balaban J connectivity index is 1.55. The minimum absolute atomic E-state index is 0.0725. The van der Waals surface area contributed by atoms with E-state index in [1.807, 2.05) is 65.6 Å². The predicted octanol–water partition coefficient (Wildman–Crippen LogP) is 3.27. The lowest BCUT2D eigenvalue weighted by molar-refractivity contribution is -0.147. The van der Waals surface area contributed by atoms with Crippen LogP contribution >= 0.6 is 0 Å². The first-order chi connectivity index (χ1) is 12.7. The minimum Gasteiger partial charge on any atom is -0.468 e. The molecule has 26 heavy (non-hydrogen) atoms. The van der Waals surface area contributed by atoms with Crippen molar-refractivity contribution in [2.75, 3.05) is 20.2 Å². The van der Waals surface area contributed by atoms with Gasteiger partial charge in [0.15, 0.2) is 5.78 Å². The van der Waals surface area contributed by atoms with Crippen molar-refractivity contribution < 1.29 is 14.3 Å². The molecule has 0 aromatic heterocycles. The van der Waals surface area contributed by atoms with Gasteiger partial charge in [0.2, 0.25) is 0 Å². The van der Waals surface area contributed by atoms with Gasteiger partial charge in [0.25, 0.3) is 0 Å². The van der Waals surface area contributed by atoms with E-state index in [1.54, 1.807) is 0 Å². The number of carbonyl (C=O) groups is 2. The number of ketones is 1. The Labute approximate surface area is 153 Å². The Hall–Kier alpha value is -2.72. The highest BCUT2D eigenvalue weighted by Crippen LogP contribution is 2.41. The summed E-state index contributed by atoms with van der Waals surface area (Å²) in [6.45, 7) is 1.14.